The fourth-order valence-corrected chi connectivity index (χ4v) is 2.08. The van der Waals surface area contributed by atoms with E-state index in [9.17, 15) is 4.79 Å². The fourth-order valence-electron chi connectivity index (χ4n) is 1.57. The van der Waals surface area contributed by atoms with Crippen molar-refractivity contribution in [2.45, 2.75) is 6.92 Å². The van der Waals surface area contributed by atoms with Crippen LogP contribution in [0.5, 0.6) is 5.75 Å². The number of ether oxygens (including phenoxy) is 1. The van der Waals surface area contributed by atoms with Crippen molar-refractivity contribution in [2.75, 3.05) is 7.11 Å². The highest BCUT2D eigenvalue weighted by Crippen LogP contribution is 2.31. The second-order valence-electron chi connectivity index (χ2n) is 3.29. The van der Waals surface area contributed by atoms with Gasteiger partial charge in [0.2, 0.25) is 0 Å². The first-order valence-electron chi connectivity index (χ1n) is 4.49. The van der Waals surface area contributed by atoms with E-state index in [2.05, 4.69) is 20.9 Å². The average molecular weight is 268 g/mol. The van der Waals surface area contributed by atoms with Crippen molar-refractivity contribution in [3.05, 3.63) is 28.4 Å². The lowest BCUT2D eigenvalue weighted by Crippen LogP contribution is -1.89. The first kappa shape index (κ1) is 10.2. The Morgan fingerprint density at radius 1 is 1.47 bits per heavy atom. The van der Waals surface area contributed by atoms with Crippen LogP contribution in [0.25, 0.3) is 10.9 Å². The van der Waals surface area contributed by atoms with Crippen molar-refractivity contribution in [3.8, 4) is 5.75 Å². The molecule has 1 heterocycles. The number of aromatic nitrogens is 1. The first-order valence-corrected chi connectivity index (χ1v) is 5.28. The van der Waals surface area contributed by atoms with Crippen molar-refractivity contribution in [3.63, 3.8) is 0 Å². The Labute approximate surface area is 95.6 Å². The number of hydrogen-bond acceptors (Lipinski definition) is 2. The second kappa shape index (κ2) is 3.70. The van der Waals surface area contributed by atoms with Gasteiger partial charge in [-0.3, -0.25) is 4.79 Å². The van der Waals surface area contributed by atoms with Crippen LogP contribution in [0.1, 0.15) is 17.3 Å². The third-order valence-corrected chi connectivity index (χ3v) is 2.95. The van der Waals surface area contributed by atoms with Crippen LogP contribution in [0.3, 0.4) is 0 Å². The van der Waals surface area contributed by atoms with Crippen molar-refractivity contribution in [2.24, 2.45) is 0 Å². The molecule has 15 heavy (non-hydrogen) atoms. The molecule has 0 aliphatic heterocycles. The molecule has 4 heteroatoms. The molecule has 0 aliphatic rings. The number of aromatic amines is 1. The molecule has 0 saturated heterocycles. The maximum atomic E-state index is 11.3. The molecular formula is C11H10BrNO2. The highest BCUT2D eigenvalue weighted by atomic mass is 79.9. The third kappa shape index (κ3) is 1.65. The molecule has 0 atom stereocenters. The number of fused-ring (bicyclic) bond motifs is 1. The van der Waals surface area contributed by atoms with E-state index in [0.717, 1.165) is 21.1 Å². The summed E-state index contributed by atoms with van der Waals surface area (Å²) in [6.45, 7) is 1.56. The minimum Gasteiger partial charge on any atom is -0.495 e. The SMILES string of the molecule is COc1cc2[nH]cc(C(C)=O)c2cc1Br. The predicted molar refractivity (Wildman–Crippen MR) is 62.6 cm³/mol. The number of Topliss-reactive ketones (excluding diaryl/α,β-unsaturated/α-hetero) is 1. The van der Waals surface area contributed by atoms with Gasteiger partial charge in [-0.1, -0.05) is 0 Å². The Morgan fingerprint density at radius 3 is 2.80 bits per heavy atom. The summed E-state index contributed by atoms with van der Waals surface area (Å²) in [6, 6.07) is 3.76. The van der Waals surface area contributed by atoms with Crippen LogP contribution >= 0.6 is 15.9 Å². The summed E-state index contributed by atoms with van der Waals surface area (Å²) in [5.41, 5.74) is 1.61. The molecule has 0 radical (unpaired) electrons. The van der Waals surface area contributed by atoms with Crippen LogP contribution in [-0.4, -0.2) is 17.9 Å². The monoisotopic (exact) mass is 267 g/mol. The summed E-state index contributed by atoms with van der Waals surface area (Å²) in [5.74, 6) is 0.803. The quantitative estimate of drug-likeness (QED) is 0.850. The van der Waals surface area contributed by atoms with Crippen molar-refractivity contribution < 1.29 is 9.53 Å². The van der Waals surface area contributed by atoms with Crippen molar-refractivity contribution in [1.82, 2.24) is 4.98 Å². The highest BCUT2D eigenvalue weighted by Gasteiger charge is 2.10. The number of nitrogens with one attached hydrogen (secondary N) is 1. The zero-order valence-corrected chi connectivity index (χ0v) is 10.0. The highest BCUT2D eigenvalue weighted by molar-refractivity contribution is 9.10. The standard InChI is InChI=1S/C11H10BrNO2/c1-6(14)8-5-13-10-4-11(15-2)9(12)3-7(8)10/h3-5,13H,1-2H3. The zero-order chi connectivity index (χ0) is 11.0. The number of benzene rings is 1. The van der Waals surface area contributed by atoms with Gasteiger partial charge in [-0.05, 0) is 28.9 Å². The number of carbonyl (C=O) groups excluding carboxylic acids is 1. The van der Waals surface area contributed by atoms with Crippen molar-refractivity contribution in [1.29, 1.82) is 0 Å². The topological polar surface area (TPSA) is 42.1 Å². The van der Waals surface area contributed by atoms with Crippen LogP contribution in [0.15, 0.2) is 22.8 Å². The van der Waals surface area contributed by atoms with E-state index in [1.165, 1.54) is 0 Å². The molecule has 0 saturated carbocycles. The van der Waals surface area contributed by atoms with E-state index in [1.807, 2.05) is 12.1 Å². The van der Waals surface area contributed by atoms with E-state index in [1.54, 1.807) is 20.2 Å². The number of carbonyl (C=O) groups is 1. The van der Waals surface area contributed by atoms with Crippen LogP contribution in [-0.2, 0) is 0 Å². The van der Waals surface area contributed by atoms with Crippen LogP contribution in [0.4, 0.5) is 0 Å². The van der Waals surface area contributed by atoms with Gasteiger partial charge < -0.3 is 9.72 Å². The van der Waals surface area contributed by atoms with Crippen LogP contribution in [0, 0.1) is 0 Å². The van der Waals surface area contributed by atoms with E-state index in [0.29, 0.717) is 5.56 Å². The van der Waals surface area contributed by atoms with Gasteiger partial charge in [0.1, 0.15) is 5.75 Å². The Balaban J connectivity index is 2.73. The van der Waals surface area contributed by atoms with Gasteiger partial charge in [-0.2, -0.15) is 0 Å². The minimum absolute atomic E-state index is 0.0540. The van der Waals surface area contributed by atoms with Crippen LogP contribution in [0.2, 0.25) is 0 Å². The lowest BCUT2D eigenvalue weighted by Gasteiger charge is -2.03. The second-order valence-corrected chi connectivity index (χ2v) is 4.15. The Kier molecular flexibility index (Phi) is 2.52. The normalized spacial score (nSPS) is 10.6. The molecule has 3 nitrogen and oxygen atoms in total. The Hall–Kier alpha value is -1.29. The molecule has 1 aromatic carbocycles. The third-order valence-electron chi connectivity index (χ3n) is 2.33. The molecule has 1 aromatic heterocycles. The number of H-pyrrole nitrogens is 1. The molecule has 1 N–H and O–H groups in total. The maximum absolute atomic E-state index is 11.3. The van der Waals surface area contributed by atoms with E-state index >= 15 is 0 Å². The number of halogens is 1. The van der Waals surface area contributed by atoms with Gasteiger partial charge in [0, 0.05) is 28.7 Å². The van der Waals surface area contributed by atoms with Gasteiger partial charge in [0.05, 0.1) is 11.6 Å². The zero-order valence-electron chi connectivity index (χ0n) is 8.43. The fraction of sp³-hybridized carbons (Fsp3) is 0.182. The molecule has 2 rings (SSSR count). The molecule has 78 valence electrons. The largest absolute Gasteiger partial charge is 0.495 e. The molecular weight excluding hydrogens is 258 g/mol. The molecule has 2 aromatic rings. The summed E-state index contributed by atoms with van der Waals surface area (Å²) in [5, 5.41) is 0.912. The van der Waals surface area contributed by atoms with E-state index < -0.39 is 0 Å². The number of rotatable bonds is 2. The molecule has 0 amide bonds. The predicted octanol–water partition coefficient (Wildman–Crippen LogP) is 3.14. The van der Waals surface area contributed by atoms with E-state index in [-0.39, 0.29) is 5.78 Å². The van der Waals surface area contributed by atoms with Crippen molar-refractivity contribution >= 4 is 32.6 Å². The smallest absolute Gasteiger partial charge is 0.161 e. The van der Waals surface area contributed by atoms with Crippen LogP contribution < -0.4 is 4.74 Å². The summed E-state index contributed by atoms with van der Waals surface area (Å²) in [4.78, 5) is 14.4. The molecule has 0 bridgehead atoms. The van der Waals surface area contributed by atoms with Gasteiger partial charge in [0.25, 0.3) is 0 Å². The first-order chi connectivity index (χ1) is 7.13. The number of ketones is 1. The maximum Gasteiger partial charge on any atom is 0.161 e. The average Bonchev–Trinajstić information content (AvgIpc) is 2.59. The van der Waals surface area contributed by atoms with Gasteiger partial charge in [-0.25, -0.2) is 0 Å². The van der Waals surface area contributed by atoms with Gasteiger partial charge in [-0.15, -0.1) is 0 Å². The number of methoxy groups -OCH3 is 1. The summed E-state index contributed by atoms with van der Waals surface area (Å²) < 4.78 is 6.02. The summed E-state index contributed by atoms with van der Waals surface area (Å²) >= 11 is 3.40. The Morgan fingerprint density at radius 2 is 2.20 bits per heavy atom. The lowest BCUT2D eigenvalue weighted by molar-refractivity contribution is 0.101. The van der Waals surface area contributed by atoms with Gasteiger partial charge in [0.15, 0.2) is 5.78 Å². The summed E-state index contributed by atoms with van der Waals surface area (Å²) in [7, 11) is 1.61. The van der Waals surface area contributed by atoms with E-state index in [4.69, 9.17) is 4.74 Å². The lowest BCUT2D eigenvalue weighted by atomic mass is 10.1. The van der Waals surface area contributed by atoms with Gasteiger partial charge >= 0.3 is 0 Å². The summed E-state index contributed by atoms with van der Waals surface area (Å²) in [6.07, 6.45) is 1.72. The molecule has 0 spiro atoms. The molecule has 0 aliphatic carbocycles. The Bertz CT molecular complexity index is 531. The minimum atomic E-state index is 0.0540. The number of hydrogen-bond donors (Lipinski definition) is 1. The molecule has 0 fully saturated rings. The molecule has 0 unspecified atom stereocenters.